The lowest BCUT2D eigenvalue weighted by molar-refractivity contribution is -0.215. The van der Waals surface area contributed by atoms with Crippen molar-refractivity contribution in [3.8, 4) is 0 Å². The number of hydrogen-bond acceptors (Lipinski definition) is 4. The summed E-state index contributed by atoms with van der Waals surface area (Å²) >= 11 is 0. The van der Waals surface area contributed by atoms with Gasteiger partial charge in [-0.2, -0.15) is 0 Å². The van der Waals surface area contributed by atoms with Gasteiger partial charge in [0.2, 0.25) is 0 Å². The van der Waals surface area contributed by atoms with Gasteiger partial charge in [0.15, 0.2) is 5.41 Å². The van der Waals surface area contributed by atoms with Crippen LogP contribution in [0.5, 0.6) is 0 Å². The number of carboxylic acid groups (broad SMARTS) is 2. The molecule has 4 aliphatic carbocycles. The van der Waals surface area contributed by atoms with Gasteiger partial charge in [-0.15, -0.1) is 0 Å². The molecule has 0 radical (unpaired) electrons. The van der Waals surface area contributed by atoms with Crippen molar-refractivity contribution in [1.29, 1.82) is 0 Å². The molecule has 2 bridgehead atoms. The zero-order valence-corrected chi connectivity index (χ0v) is 15.1. The molecule has 0 aromatic heterocycles. The van der Waals surface area contributed by atoms with Crippen LogP contribution in [0.25, 0.3) is 0 Å². The third-order valence-corrected chi connectivity index (χ3v) is 8.63. The van der Waals surface area contributed by atoms with E-state index in [0.29, 0.717) is 25.2 Å². The zero-order valence-electron chi connectivity index (χ0n) is 15.1. The van der Waals surface area contributed by atoms with Crippen molar-refractivity contribution in [2.24, 2.45) is 34.0 Å². The highest BCUT2D eigenvalue weighted by atomic mass is 16.4. The first-order chi connectivity index (χ1) is 12.1. The zero-order chi connectivity index (χ0) is 19.1. The normalized spacial score (nSPS) is 49.2. The van der Waals surface area contributed by atoms with Crippen LogP contribution in [0.2, 0.25) is 0 Å². The van der Waals surface area contributed by atoms with Gasteiger partial charge in [0.25, 0.3) is 0 Å². The number of hydrogen-bond donors (Lipinski definition) is 4. The maximum absolute atomic E-state index is 12.1. The average molecular weight is 364 g/mol. The number of aliphatic hydroxyl groups excluding tert-OH is 2. The Hall–Kier alpha value is -1.40. The van der Waals surface area contributed by atoms with E-state index in [2.05, 4.69) is 6.58 Å². The summed E-state index contributed by atoms with van der Waals surface area (Å²) in [6, 6.07) is 0. The summed E-state index contributed by atoms with van der Waals surface area (Å²) in [6.07, 6.45) is 2.25. The highest BCUT2D eigenvalue weighted by Crippen LogP contribution is 2.72. The van der Waals surface area contributed by atoms with E-state index < -0.39 is 40.9 Å². The van der Waals surface area contributed by atoms with Gasteiger partial charge in [-0.1, -0.05) is 13.5 Å². The van der Waals surface area contributed by atoms with Crippen LogP contribution >= 0.6 is 0 Å². The van der Waals surface area contributed by atoms with Gasteiger partial charge < -0.3 is 20.4 Å². The van der Waals surface area contributed by atoms with Gasteiger partial charge >= 0.3 is 11.9 Å². The highest BCUT2D eigenvalue weighted by molar-refractivity contribution is 5.99. The minimum absolute atomic E-state index is 0.00674. The van der Waals surface area contributed by atoms with Crippen LogP contribution in [0, 0.1) is 34.0 Å². The average Bonchev–Trinajstić information content (AvgIpc) is 2.73. The maximum Gasteiger partial charge on any atom is 0.321 e. The lowest BCUT2D eigenvalue weighted by Crippen LogP contribution is -2.65. The molecule has 6 heteroatoms. The van der Waals surface area contributed by atoms with Crippen LogP contribution in [0.1, 0.15) is 51.9 Å². The fourth-order valence-electron chi connectivity index (χ4n) is 7.71. The van der Waals surface area contributed by atoms with Crippen LogP contribution < -0.4 is 0 Å². The van der Waals surface area contributed by atoms with Gasteiger partial charge in [-0.3, -0.25) is 9.59 Å². The quantitative estimate of drug-likeness (QED) is 0.440. The lowest BCUT2D eigenvalue weighted by atomic mass is 9.40. The molecule has 4 fully saturated rings. The molecule has 4 rings (SSSR count). The number of carbonyl (C=O) groups is 2. The summed E-state index contributed by atoms with van der Waals surface area (Å²) in [4.78, 5) is 24.3. The number of fused-ring (bicyclic) bond motifs is 3. The smallest absolute Gasteiger partial charge is 0.321 e. The molecule has 4 aliphatic rings. The van der Waals surface area contributed by atoms with Gasteiger partial charge in [-0.25, -0.2) is 0 Å². The van der Waals surface area contributed by atoms with Crippen LogP contribution in [-0.2, 0) is 9.59 Å². The standard InChI is InChI=1S/C20H28O6/c1-10-11-3-4-13-18(2)8-12(21)9-20(16(23)24,17(25)26)14(18)5-6-19(13,7-11)15(10)22/h11-15,21-22H,1,3-9H2,2H3,(H,23,24)(H,25,26)/t11-,12+,13+,14+,15+,18+,19-/m1/s1. The van der Waals surface area contributed by atoms with Gasteiger partial charge in [0, 0.05) is 11.8 Å². The van der Waals surface area contributed by atoms with E-state index in [9.17, 15) is 30.0 Å². The summed E-state index contributed by atoms with van der Waals surface area (Å²) in [5, 5.41) is 41.3. The Morgan fingerprint density at radius 2 is 1.65 bits per heavy atom. The van der Waals surface area contributed by atoms with Crippen molar-refractivity contribution in [3.63, 3.8) is 0 Å². The van der Waals surface area contributed by atoms with Crippen molar-refractivity contribution in [1.82, 2.24) is 0 Å². The molecular weight excluding hydrogens is 336 g/mol. The van der Waals surface area contributed by atoms with Gasteiger partial charge in [-0.05, 0) is 67.3 Å². The Bertz CT molecular complexity index is 672. The molecule has 4 saturated carbocycles. The van der Waals surface area contributed by atoms with Crippen molar-refractivity contribution < 1.29 is 30.0 Å². The Morgan fingerprint density at radius 1 is 1.00 bits per heavy atom. The number of aliphatic hydroxyl groups is 2. The second kappa shape index (κ2) is 5.32. The van der Waals surface area contributed by atoms with Gasteiger partial charge in [0.1, 0.15) is 0 Å². The van der Waals surface area contributed by atoms with Crippen molar-refractivity contribution >= 4 is 11.9 Å². The molecule has 144 valence electrons. The Kier molecular flexibility index (Phi) is 3.68. The third-order valence-electron chi connectivity index (χ3n) is 8.63. The Labute approximate surface area is 152 Å². The van der Waals surface area contributed by atoms with Crippen LogP contribution in [0.3, 0.4) is 0 Å². The molecule has 0 heterocycles. The molecular formula is C20H28O6. The summed E-state index contributed by atoms with van der Waals surface area (Å²) in [5.74, 6) is -2.92. The summed E-state index contributed by atoms with van der Waals surface area (Å²) < 4.78 is 0. The first-order valence-corrected chi connectivity index (χ1v) is 9.61. The van der Waals surface area contributed by atoms with E-state index in [-0.39, 0.29) is 17.8 Å². The SMILES string of the molecule is C=C1[C@@H]2CC[C@H]3[C@]4(C)C[C@H](O)CC(C(=O)O)(C(=O)O)[C@H]4CC[C@]3(C2)[C@H]1O. The van der Waals surface area contributed by atoms with Crippen LogP contribution in [0.4, 0.5) is 0 Å². The second-order valence-corrected chi connectivity index (χ2v) is 9.48. The molecule has 7 atom stereocenters. The molecule has 0 aromatic carbocycles. The first kappa shape index (κ1) is 18.0. The fraction of sp³-hybridized carbons (Fsp3) is 0.800. The third kappa shape index (κ3) is 1.89. The predicted octanol–water partition coefficient (Wildman–Crippen LogP) is 2.05. The van der Waals surface area contributed by atoms with Crippen molar-refractivity contribution in [2.75, 3.05) is 0 Å². The van der Waals surface area contributed by atoms with E-state index >= 15 is 0 Å². The number of carboxylic acids is 2. The molecule has 0 aromatic rings. The molecule has 0 unspecified atom stereocenters. The van der Waals surface area contributed by atoms with Crippen LogP contribution in [-0.4, -0.2) is 44.6 Å². The van der Waals surface area contributed by atoms with E-state index in [1.54, 1.807) is 0 Å². The van der Waals surface area contributed by atoms with Gasteiger partial charge in [0.05, 0.1) is 12.2 Å². The monoisotopic (exact) mass is 364 g/mol. The summed E-state index contributed by atoms with van der Waals surface area (Å²) in [7, 11) is 0. The molecule has 1 spiro atoms. The molecule has 0 aliphatic heterocycles. The number of rotatable bonds is 2. The molecule has 6 nitrogen and oxygen atoms in total. The van der Waals surface area contributed by atoms with Crippen LogP contribution in [0.15, 0.2) is 12.2 Å². The van der Waals surface area contributed by atoms with E-state index in [0.717, 1.165) is 24.8 Å². The Morgan fingerprint density at radius 3 is 2.27 bits per heavy atom. The van der Waals surface area contributed by atoms with Crippen molar-refractivity contribution in [2.45, 2.75) is 64.1 Å². The second-order valence-electron chi connectivity index (χ2n) is 9.48. The lowest BCUT2D eigenvalue weighted by Gasteiger charge is -2.63. The fourth-order valence-corrected chi connectivity index (χ4v) is 7.71. The summed E-state index contributed by atoms with van der Waals surface area (Å²) in [5.41, 5.74) is -2.03. The highest BCUT2D eigenvalue weighted by Gasteiger charge is 2.71. The minimum atomic E-state index is -1.95. The molecule has 0 saturated heterocycles. The molecule has 0 amide bonds. The van der Waals surface area contributed by atoms with E-state index in [1.807, 2.05) is 6.92 Å². The van der Waals surface area contributed by atoms with E-state index in [1.165, 1.54) is 0 Å². The number of aliphatic carboxylic acids is 2. The molecule has 26 heavy (non-hydrogen) atoms. The minimum Gasteiger partial charge on any atom is -0.480 e. The predicted molar refractivity (Wildman–Crippen MR) is 92.2 cm³/mol. The molecule has 4 N–H and O–H groups in total. The topological polar surface area (TPSA) is 115 Å². The maximum atomic E-state index is 12.1. The largest absolute Gasteiger partial charge is 0.480 e. The first-order valence-electron chi connectivity index (χ1n) is 9.61. The van der Waals surface area contributed by atoms with E-state index in [4.69, 9.17) is 0 Å². The Balaban J connectivity index is 1.84. The summed E-state index contributed by atoms with van der Waals surface area (Å²) in [6.45, 7) is 6.06. The van der Waals surface area contributed by atoms with Crippen molar-refractivity contribution in [3.05, 3.63) is 12.2 Å².